The Bertz CT molecular complexity index is 578. The van der Waals surface area contributed by atoms with Gasteiger partial charge in [-0.2, -0.15) is 11.3 Å². The highest BCUT2D eigenvalue weighted by Crippen LogP contribution is 2.17. The smallest absolute Gasteiger partial charge is 0.265 e. The van der Waals surface area contributed by atoms with Gasteiger partial charge in [0.15, 0.2) is 0 Å². The van der Waals surface area contributed by atoms with Crippen LogP contribution in [0, 0.1) is 0 Å². The summed E-state index contributed by atoms with van der Waals surface area (Å²) in [6, 6.07) is 1.69. The topological polar surface area (TPSA) is 84.0 Å². The van der Waals surface area contributed by atoms with Crippen molar-refractivity contribution in [1.82, 2.24) is 9.97 Å². The van der Waals surface area contributed by atoms with E-state index in [9.17, 15) is 8.42 Å². The number of nitrogens with zero attached hydrogens (tertiary/aromatic N) is 2. The minimum Gasteiger partial charge on any atom is -0.357 e. The van der Waals surface area contributed by atoms with Crippen molar-refractivity contribution in [2.45, 2.75) is 4.90 Å². The van der Waals surface area contributed by atoms with Gasteiger partial charge in [0.1, 0.15) is 4.90 Å². The molecule has 0 aliphatic heterocycles. The molecular weight excluding hydrogens is 260 g/mol. The second-order valence-electron chi connectivity index (χ2n) is 3.11. The van der Waals surface area contributed by atoms with Crippen LogP contribution in [0.25, 0.3) is 0 Å². The molecule has 8 heteroatoms. The van der Waals surface area contributed by atoms with E-state index in [1.165, 1.54) is 23.7 Å². The molecule has 0 bridgehead atoms. The number of hydrogen-bond donors (Lipinski definition) is 2. The summed E-state index contributed by atoms with van der Waals surface area (Å²) in [5, 5.41) is 6.21. The largest absolute Gasteiger partial charge is 0.357 e. The summed E-state index contributed by atoms with van der Waals surface area (Å²) in [6.07, 6.45) is 2.51. The fourth-order valence-electron chi connectivity index (χ4n) is 1.12. The Kier molecular flexibility index (Phi) is 3.25. The molecule has 2 rings (SSSR count). The lowest BCUT2D eigenvalue weighted by molar-refractivity contribution is 0.600. The molecule has 0 spiro atoms. The normalized spacial score (nSPS) is 11.1. The van der Waals surface area contributed by atoms with E-state index in [4.69, 9.17) is 0 Å². The molecule has 6 nitrogen and oxygen atoms in total. The highest BCUT2D eigenvalue weighted by molar-refractivity contribution is 7.92. The van der Waals surface area contributed by atoms with Crippen molar-refractivity contribution in [2.75, 3.05) is 17.1 Å². The summed E-state index contributed by atoms with van der Waals surface area (Å²) in [6.45, 7) is 0. The Morgan fingerprint density at radius 1 is 1.29 bits per heavy atom. The van der Waals surface area contributed by atoms with Crippen molar-refractivity contribution < 1.29 is 8.42 Å². The van der Waals surface area contributed by atoms with E-state index in [0.717, 1.165) is 0 Å². The van der Waals surface area contributed by atoms with Gasteiger partial charge in [-0.15, -0.1) is 0 Å². The predicted molar refractivity (Wildman–Crippen MR) is 66.7 cm³/mol. The SMILES string of the molecule is CNc1ncc(S(=O)(=O)Nc2ccsc2)cn1. The second kappa shape index (κ2) is 4.68. The quantitative estimate of drug-likeness (QED) is 0.877. The first-order valence-electron chi connectivity index (χ1n) is 4.66. The number of nitrogens with one attached hydrogen (secondary N) is 2. The van der Waals surface area contributed by atoms with Gasteiger partial charge in [0.25, 0.3) is 10.0 Å². The fourth-order valence-corrected chi connectivity index (χ4v) is 2.72. The standard InChI is InChI=1S/C9H10N4O2S2/c1-10-9-11-4-8(5-12-9)17(14,15)13-7-2-3-16-6-7/h2-6,13H,1H3,(H,10,11,12). The lowest BCUT2D eigenvalue weighted by atomic mass is 10.6. The molecule has 0 saturated carbocycles. The maximum absolute atomic E-state index is 11.9. The minimum atomic E-state index is -3.60. The number of hydrogen-bond acceptors (Lipinski definition) is 6. The molecule has 17 heavy (non-hydrogen) atoms. The van der Waals surface area contributed by atoms with E-state index in [1.54, 1.807) is 23.9 Å². The molecule has 2 aromatic heterocycles. The third-order valence-corrected chi connectivity index (χ3v) is 3.95. The molecule has 0 aromatic carbocycles. The summed E-state index contributed by atoms with van der Waals surface area (Å²) < 4.78 is 26.2. The van der Waals surface area contributed by atoms with E-state index >= 15 is 0 Å². The third kappa shape index (κ3) is 2.71. The van der Waals surface area contributed by atoms with Crippen LogP contribution >= 0.6 is 11.3 Å². The molecule has 0 saturated heterocycles. The molecule has 0 fully saturated rings. The van der Waals surface area contributed by atoms with Gasteiger partial charge in [0.2, 0.25) is 5.95 Å². The van der Waals surface area contributed by atoms with Gasteiger partial charge in [0.05, 0.1) is 18.1 Å². The van der Waals surface area contributed by atoms with E-state index in [-0.39, 0.29) is 4.90 Å². The third-order valence-electron chi connectivity index (χ3n) is 1.94. The van der Waals surface area contributed by atoms with Crippen LogP contribution in [0.5, 0.6) is 0 Å². The maximum atomic E-state index is 11.9. The number of sulfonamides is 1. The zero-order valence-corrected chi connectivity index (χ0v) is 10.5. The van der Waals surface area contributed by atoms with E-state index in [2.05, 4.69) is 20.0 Å². The van der Waals surface area contributed by atoms with Crippen molar-refractivity contribution in [3.05, 3.63) is 29.2 Å². The van der Waals surface area contributed by atoms with Gasteiger partial charge >= 0.3 is 0 Å². The van der Waals surface area contributed by atoms with Crippen molar-refractivity contribution in [3.63, 3.8) is 0 Å². The van der Waals surface area contributed by atoms with Crippen LogP contribution in [0.1, 0.15) is 0 Å². The van der Waals surface area contributed by atoms with Gasteiger partial charge in [-0.3, -0.25) is 4.72 Å². The second-order valence-corrected chi connectivity index (χ2v) is 5.57. The van der Waals surface area contributed by atoms with E-state index in [0.29, 0.717) is 11.6 Å². The van der Waals surface area contributed by atoms with E-state index < -0.39 is 10.0 Å². The molecule has 0 radical (unpaired) electrons. The molecule has 0 atom stereocenters. The van der Waals surface area contributed by atoms with Gasteiger partial charge in [0, 0.05) is 12.4 Å². The molecule has 0 amide bonds. The number of anilines is 2. The maximum Gasteiger partial charge on any atom is 0.265 e. The molecule has 2 heterocycles. The minimum absolute atomic E-state index is 0.0303. The molecule has 2 N–H and O–H groups in total. The van der Waals surface area contributed by atoms with Crippen LogP contribution in [0.15, 0.2) is 34.1 Å². The zero-order valence-electron chi connectivity index (χ0n) is 8.91. The van der Waals surface area contributed by atoms with Crippen LogP contribution < -0.4 is 10.0 Å². The fraction of sp³-hybridized carbons (Fsp3) is 0.111. The number of aromatic nitrogens is 2. The Morgan fingerprint density at radius 2 is 2.00 bits per heavy atom. The summed E-state index contributed by atoms with van der Waals surface area (Å²) in [5.41, 5.74) is 0.535. The summed E-state index contributed by atoms with van der Waals surface area (Å²) >= 11 is 1.41. The van der Waals surface area contributed by atoms with Gasteiger partial charge in [-0.25, -0.2) is 18.4 Å². The number of thiophene rings is 1. The Balaban J connectivity index is 2.25. The molecule has 0 unspecified atom stereocenters. The summed E-state index contributed by atoms with van der Waals surface area (Å²) in [4.78, 5) is 7.74. The zero-order chi connectivity index (χ0) is 12.3. The monoisotopic (exact) mass is 270 g/mol. The van der Waals surface area contributed by atoms with Crippen LogP contribution in [0.4, 0.5) is 11.6 Å². The summed E-state index contributed by atoms with van der Waals surface area (Å²) in [5.74, 6) is 0.375. The lowest BCUT2D eigenvalue weighted by Crippen LogP contribution is -2.13. The summed E-state index contributed by atoms with van der Waals surface area (Å²) in [7, 11) is -1.94. The van der Waals surface area contributed by atoms with Crippen molar-refractivity contribution >= 4 is 33.0 Å². The first kappa shape index (κ1) is 11.8. The first-order chi connectivity index (χ1) is 8.12. The average molecular weight is 270 g/mol. The van der Waals surface area contributed by atoms with Crippen molar-refractivity contribution in [3.8, 4) is 0 Å². The van der Waals surface area contributed by atoms with E-state index in [1.807, 2.05) is 0 Å². The predicted octanol–water partition coefficient (Wildman–Crippen LogP) is 1.38. The van der Waals surface area contributed by atoms with Crippen LogP contribution in [-0.4, -0.2) is 25.4 Å². The molecule has 0 aliphatic rings. The van der Waals surface area contributed by atoms with Crippen LogP contribution in [0.3, 0.4) is 0 Å². The molecule has 2 aromatic rings. The Morgan fingerprint density at radius 3 is 2.53 bits per heavy atom. The molecule has 90 valence electrons. The molecule has 0 aliphatic carbocycles. The van der Waals surface area contributed by atoms with Crippen LogP contribution in [0.2, 0.25) is 0 Å². The van der Waals surface area contributed by atoms with Crippen molar-refractivity contribution in [2.24, 2.45) is 0 Å². The number of rotatable bonds is 4. The lowest BCUT2D eigenvalue weighted by Gasteiger charge is -2.05. The Hall–Kier alpha value is -1.67. The van der Waals surface area contributed by atoms with Gasteiger partial charge in [-0.05, 0) is 11.4 Å². The highest BCUT2D eigenvalue weighted by atomic mass is 32.2. The average Bonchev–Trinajstić information content (AvgIpc) is 2.81. The highest BCUT2D eigenvalue weighted by Gasteiger charge is 2.15. The van der Waals surface area contributed by atoms with Gasteiger partial charge in [-0.1, -0.05) is 0 Å². The Labute approximate surface area is 103 Å². The molecular formula is C9H10N4O2S2. The van der Waals surface area contributed by atoms with Gasteiger partial charge < -0.3 is 5.32 Å². The first-order valence-corrected chi connectivity index (χ1v) is 7.09. The van der Waals surface area contributed by atoms with Crippen molar-refractivity contribution in [1.29, 1.82) is 0 Å². The van der Waals surface area contributed by atoms with Crippen LogP contribution in [-0.2, 0) is 10.0 Å².